The zero-order valence-corrected chi connectivity index (χ0v) is 17.6. The van der Waals surface area contributed by atoms with Crippen molar-refractivity contribution in [2.75, 3.05) is 13.7 Å². The number of pyridine rings is 1. The molecule has 6 heteroatoms. The summed E-state index contributed by atoms with van der Waals surface area (Å²) in [4.78, 5) is 16.0. The van der Waals surface area contributed by atoms with Gasteiger partial charge in [0.05, 0.1) is 12.8 Å². The van der Waals surface area contributed by atoms with Gasteiger partial charge in [0.1, 0.15) is 5.75 Å². The number of aromatic nitrogens is 4. The fourth-order valence-corrected chi connectivity index (χ4v) is 4.05. The Balaban J connectivity index is 1.27. The molecule has 0 aliphatic carbocycles. The number of methoxy groups -OCH3 is 1. The first-order chi connectivity index (χ1) is 15.3. The third-order valence-corrected chi connectivity index (χ3v) is 5.77. The molecule has 1 aliphatic rings. The fourth-order valence-electron chi connectivity index (χ4n) is 4.05. The Hall–Kier alpha value is -3.51. The van der Waals surface area contributed by atoms with Crippen LogP contribution in [0, 0.1) is 0 Å². The molecule has 0 radical (unpaired) electrons. The Morgan fingerprint density at radius 1 is 1.00 bits per heavy atom. The van der Waals surface area contributed by atoms with E-state index in [1.807, 2.05) is 30.5 Å². The van der Waals surface area contributed by atoms with E-state index in [1.165, 1.54) is 16.8 Å². The van der Waals surface area contributed by atoms with Crippen LogP contribution < -0.4 is 4.74 Å². The normalized spacial score (nSPS) is 13.7. The zero-order valence-electron chi connectivity index (χ0n) is 17.6. The topological polar surface area (TPSA) is 56.1 Å². The van der Waals surface area contributed by atoms with Gasteiger partial charge in [0.25, 0.3) is 0 Å². The lowest BCUT2D eigenvalue weighted by Crippen LogP contribution is -2.31. The van der Waals surface area contributed by atoms with Gasteiger partial charge in [-0.15, -0.1) is 0 Å². The van der Waals surface area contributed by atoms with E-state index in [4.69, 9.17) is 9.72 Å². The van der Waals surface area contributed by atoms with Gasteiger partial charge >= 0.3 is 0 Å². The molecule has 5 rings (SSSR count). The number of benzene rings is 1. The molecule has 31 heavy (non-hydrogen) atoms. The van der Waals surface area contributed by atoms with E-state index in [0.717, 1.165) is 55.4 Å². The second-order valence-corrected chi connectivity index (χ2v) is 7.84. The number of ether oxygens (including phenoxy) is 1. The highest BCUT2D eigenvalue weighted by Gasteiger charge is 2.20. The molecule has 1 aliphatic heterocycles. The second-order valence-electron chi connectivity index (χ2n) is 7.84. The van der Waals surface area contributed by atoms with Gasteiger partial charge in [-0.05, 0) is 42.0 Å². The summed E-state index contributed by atoms with van der Waals surface area (Å²) >= 11 is 0. The molecule has 0 amide bonds. The summed E-state index contributed by atoms with van der Waals surface area (Å²) in [6.45, 7) is 3.64. The maximum atomic E-state index is 5.26. The maximum Gasteiger partial charge on any atom is 0.159 e. The van der Waals surface area contributed by atoms with Gasteiger partial charge < -0.3 is 9.30 Å². The first kappa shape index (κ1) is 19.5. The average Bonchev–Trinajstić information content (AvgIpc) is 3.26. The summed E-state index contributed by atoms with van der Waals surface area (Å²) in [5, 5.41) is 0. The van der Waals surface area contributed by atoms with Crippen molar-refractivity contribution < 1.29 is 4.74 Å². The molecule has 0 bridgehead atoms. The zero-order chi connectivity index (χ0) is 21.0. The van der Waals surface area contributed by atoms with Crippen molar-refractivity contribution in [1.82, 2.24) is 24.4 Å². The Morgan fingerprint density at radius 2 is 1.84 bits per heavy atom. The standard InChI is InChI=1S/C25H25N5O/c1-31-23-6-4-19(5-7-23)16-30-13-2-3-22(30)18-29-14-10-24-21(17-29)15-27-25(28-24)20-8-11-26-12-9-20/h2-9,11-13,15H,10,14,16-18H2,1H3. The SMILES string of the molecule is COc1ccc(Cn2cccc2CN2CCc3nc(-c4ccncc4)ncc3C2)cc1. The van der Waals surface area contributed by atoms with Crippen LogP contribution in [-0.2, 0) is 26.1 Å². The minimum atomic E-state index is 0.781. The summed E-state index contributed by atoms with van der Waals surface area (Å²) < 4.78 is 7.58. The van der Waals surface area contributed by atoms with Gasteiger partial charge in [0.2, 0.25) is 0 Å². The van der Waals surface area contributed by atoms with Gasteiger partial charge in [0, 0.05) is 74.2 Å². The predicted molar refractivity (Wildman–Crippen MR) is 120 cm³/mol. The second kappa shape index (κ2) is 8.70. The van der Waals surface area contributed by atoms with E-state index in [-0.39, 0.29) is 0 Å². The highest BCUT2D eigenvalue weighted by atomic mass is 16.5. The van der Waals surface area contributed by atoms with E-state index in [9.17, 15) is 0 Å². The molecule has 0 atom stereocenters. The van der Waals surface area contributed by atoms with Gasteiger partial charge in [-0.1, -0.05) is 12.1 Å². The van der Waals surface area contributed by atoms with E-state index in [1.54, 1.807) is 19.5 Å². The van der Waals surface area contributed by atoms with E-state index in [2.05, 4.69) is 49.9 Å². The van der Waals surface area contributed by atoms with Crippen LogP contribution in [0.1, 0.15) is 22.5 Å². The molecule has 0 N–H and O–H groups in total. The lowest BCUT2D eigenvalue weighted by Gasteiger charge is -2.28. The van der Waals surface area contributed by atoms with Crippen molar-refractivity contribution in [3.05, 3.63) is 95.8 Å². The molecule has 156 valence electrons. The van der Waals surface area contributed by atoms with Crippen molar-refractivity contribution in [2.45, 2.75) is 26.1 Å². The molecule has 0 spiro atoms. The molecule has 0 unspecified atom stereocenters. The van der Waals surface area contributed by atoms with Crippen molar-refractivity contribution in [3.8, 4) is 17.1 Å². The van der Waals surface area contributed by atoms with Gasteiger partial charge in [-0.3, -0.25) is 9.88 Å². The first-order valence-corrected chi connectivity index (χ1v) is 10.5. The molecule has 0 fully saturated rings. The Morgan fingerprint density at radius 3 is 2.65 bits per heavy atom. The molecule has 4 heterocycles. The summed E-state index contributed by atoms with van der Waals surface area (Å²) in [5.41, 5.74) is 5.97. The van der Waals surface area contributed by atoms with Crippen LogP contribution in [-0.4, -0.2) is 38.1 Å². The minimum absolute atomic E-state index is 0.781. The lowest BCUT2D eigenvalue weighted by atomic mass is 10.1. The van der Waals surface area contributed by atoms with E-state index < -0.39 is 0 Å². The van der Waals surface area contributed by atoms with Gasteiger partial charge in [-0.25, -0.2) is 9.97 Å². The van der Waals surface area contributed by atoms with Gasteiger partial charge in [-0.2, -0.15) is 0 Å². The number of rotatable bonds is 6. The maximum absolute atomic E-state index is 5.26. The smallest absolute Gasteiger partial charge is 0.159 e. The fraction of sp³-hybridized carbons (Fsp3) is 0.240. The van der Waals surface area contributed by atoms with Crippen LogP contribution in [0.25, 0.3) is 11.4 Å². The number of fused-ring (bicyclic) bond motifs is 1. The van der Waals surface area contributed by atoms with Gasteiger partial charge in [0.15, 0.2) is 5.82 Å². The van der Waals surface area contributed by atoms with Crippen LogP contribution in [0.15, 0.2) is 73.3 Å². The van der Waals surface area contributed by atoms with Crippen molar-refractivity contribution in [3.63, 3.8) is 0 Å². The molecular weight excluding hydrogens is 386 g/mol. The highest BCUT2D eigenvalue weighted by Crippen LogP contribution is 2.22. The van der Waals surface area contributed by atoms with Crippen molar-refractivity contribution >= 4 is 0 Å². The van der Waals surface area contributed by atoms with Crippen molar-refractivity contribution in [1.29, 1.82) is 0 Å². The Bertz CT molecular complexity index is 1150. The quantitative estimate of drug-likeness (QED) is 0.481. The number of hydrogen-bond acceptors (Lipinski definition) is 5. The third-order valence-electron chi connectivity index (χ3n) is 5.77. The monoisotopic (exact) mass is 411 g/mol. The summed E-state index contributed by atoms with van der Waals surface area (Å²) in [5.74, 6) is 1.67. The molecule has 4 aromatic rings. The Labute approximate surface area is 182 Å². The molecule has 0 saturated heterocycles. The molecular formula is C25H25N5O. The van der Waals surface area contributed by atoms with E-state index in [0.29, 0.717) is 0 Å². The van der Waals surface area contributed by atoms with Crippen LogP contribution >= 0.6 is 0 Å². The lowest BCUT2D eigenvalue weighted by molar-refractivity contribution is 0.237. The van der Waals surface area contributed by atoms with E-state index >= 15 is 0 Å². The number of hydrogen-bond donors (Lipinski definition) is 0. The highest BCUT2D eigenvalue weighted by molar-refractivity contribution is 5.54. The molecule has 0 saturated carbocycles. The first-order valence-electron chi connectivity index (χ1n) is 10.5. The van der Waals surface area contributed by atoms with Crippen LogP contribution in [0.2, 0.25) is 0 Å². The summed E-state index contributed by atoms with van der Waals surface area (Å²) in [6.07, 6.45) is 8.64. The number of nitrogens with zero attached hydrogens (tertiary/aromatic N) is 5. The average molecular weight is 412 g/mol. The van der Waals surface area contributed by atoms with Crippen LogP contribution in [0.4, 0.5) is 0 Å². The Kier molecular flexibility index (Phi) is 5.46. The molecule has 6 nitrogen and oxygen atoms in total. The largest absolute Gasteiger partial charge is 0.497 e. The van der Waals surface area contributed by atoms with Crippen LogP contribution in [0.5, 0.6) is 5.75 Å². The minimum Gasteiger partial charge on any atom is -0.497 e. The summed E-state index contributed by atoms with van der Waals surface area (Å²) in [7, 11) is 1.70. The predicted octanol–water partition coefficient (Wildman–Crippen LogP) is 3.96. The molecule has 1 aromatic carbocycles. The third kappa shape index (κ3) is 4.34. The molecule has 3 aromatic heterocycles. The van der Waals surface area contributed by atoms with Crippen LogP contribution in [0.3, 0.4) is 0 Å². The van der Waals surface area contributed by atoms with Crippen molar-refractivity contribution in [2.24, 2.45) is 0 Å². The summed E-state index contributed by atoms with van der Waals surface area (Å²) in [6, 6.07) is 16.5.